The number of nitrogens with two attached hydrogens (primary N) is 3. The van der Waals surface area contributed by atoms with E-state index in [1.165, 1.54) is 0 Å². The first-order chi connectivity index (χ1) is 14.8. The molecule has 1 aromatic heterocycles. The summed E-state index contributed by atoms with van der Waals surface area (Å²) in [4.78, 5) is 23.9. The predicted octanol–water partition coefficient (Wildman–Crippen LogP) is 0.438. The molecule has 1 amide bonds. The molecule has 9 N–H and O–H groups in total. The Kier molecular flexibility index (Phi) is 10.2. The monoisotopic (exact) mass is 457 g/mol. The van der Waals surface area contributed by atoms with Crippen LogP contribution in [-0.4, -0.2) is 64.0 Å². The standard InChI is InChI=1S/C19H32ClN7O4/c20-15-17(22)26-16(21)14(25-15)18(30)27-19(23)24-8-2-1-3-11-4-6-12(7-5-11)31-13(9-28)10-29/h11-13,28-29H,1-10H2,(H4,21,22,26)(H3,23,24,27,30). The van der Waals surface area contributed by atoms with E-state index in [2.05, 4.69) is 20.3 Å². The number of anilines is 2. The van der Waals surface area contributed by atoms with Gasteiger partial charge in [-0.1, -0.05) is 24.4 Å². The largest absolute Gasteiger partial charge is 0.394 e. The smallest absolute Gasteiger partial charge is 0.280 e. The third-order valence-corrected chi connectivity index (χ3v) is 5.53. The molecular formula is C19H32ClN7O4. The highest BCUT2D eigenvalue weighted by molar-refractivity contribution is 6.31. The number of aromatic nitrogens is 2. The summed E-state index contributed by atoms with van der Waals surface area (Å²) in [7, 11) is 0. The number of amides is 1. The number of nitrogen functional groups attached to an aromatic ring is 2. The summed E-state index contributed by atoms with van der Waals surface area (Å²) in [5.41, 5.74) is 16.7. The fourth-order valence-electron chi connectivity index (χ4n) is 3.54. The maximum Gasteiger partial charge on any atom is 0.280 e. The second-order valence-corrected chi connectivity index (χ2v) is 7.97. The van der Waals surface area contributed by atoms with Crippen LogP contribution in [0.25, 0.3) is 0 Å². The topological polar surface area (TPSA) is 195 Å². The number of aliphatic imine (C=N–C) groups is 1. The highest BCUT2D eigenvalue weighted by Gasteiger charge is 2.23. The predicted molar refractivity (Wildman–Crippen MR) is 118 cm³/mol. The Labute approximate surface area is 186 Å². The molecule has 0 radical (unpaired) electrons. The first-order valence-corrected chi connectivity index (χ1v) is 10.8. The number of ether oxygens (including phenoxy) is 1. The van der Waals surface area contributed by atoms with Crippen LogP contribution in [0.15, 0.2) is 4.99 Å². The van der Waals surface area contributed by atoms with Crippen molar-refractivity contribution in [1.82, 2.24) is 15.3 Å². The van der Waals surface area contributed by atoms with E-state index in [0.29, 0.717) is 12.5 Å². The Morgan fingerprint density at radius 2 is 1.84 bits per heavy atom. The van der Waals surface area contributed by atoms with Gasteiger partial charge in [0.25, 0.3) is 5.91 Å². The second kappa shape index (κ2) is 12.6. The number of nitrogens with zero attached hydrogens (tertiary/aromatic N) is 3. The van der Waals surface area contributed by atoms with Crippen molar-refractivity contribution < 1.29 is 19.7 Å². The number of hydrogen-bond donors (Lipinski definition) is 6. The van der Waals surface area contributed by atoms with Gasteiger partial charge < -0.3 is 32.2 Å². The molecule has 31 heavy (non-hydrogen) atoms. The van der Waals surface area contributed by atoms with E-state index < -0.39 is 12.0 Å². The van der Waals surface area contributed by atoms with E-state index >= 15 is 0 Å². The summed E-state index contributed by atoms with van der Waals surface area (Å²) < 4.78 is 5.69. The van der Waals surface area contributed by atoms with E-state index in [9.17, 15) is 4.79 Å². The SMILES string of the molecule is NC(=NCCCCC1CCC(OC(CO)CO)CC1)NC(=O)c1nc(Cl)c(N)nc1N. The highest BCUT2D eigenvalue weighted by atomic mass is 35.5. The lowest BCUT2D eigenvalue weighted by molar-refractivity contribution is -0.0786. The average molecular weight is 458 g/mol. The molecule has 0 atom stereocenters. The lowest BCUT2D eigenvalue weighted by Gasteiger charge is -2.30. The molecule has 0 aliphatic heterocycles. The van der Waals surface area contributed by atoms with Gasteiger partial charge in [-0.2, -0.15) is 0 Å². The van der Waals surface area contributed by atoms with Gasteiger partial charge in [-0.3, -0.25) is 15.1 Å². The number of carbonyl (C=O) groups excluding carboxylic acids is 1. The lowest BCUT2D eigenvalue weighted by atomic mass is 9.84. The van der Waals surface area contributed by atoms with Crippen LogP contribution in [0.4, 0.5) is 11.6 Å². The van der Waals surface area contributed by atoms with Crippen LogP contribution >= 0.6 is 11.6 Å². The number of rotatable bonds is 10. The van der Waals surface area contributed by atoms with Gasteiger partial charge in [-0.05, 0) is 38.0 Å². The second-order valence-electron chi connectivity index (χ2n) is 7.62. The van der Waals surface area contributed by atoms with Crippen molar-refractivity contribution in [2.24, 2.45) is 16.6 Å². The first-order valence-electron chi connectivity index (χ1n) is 10.4. The van der Waals surface area contributed by atoms with E-state index in [-0.39, 0.29) is 47.8 Å². The van der Waals surface area contributed by atoms with Crippen molar-refractivity contribution in [3.05, 3.63) is 10.8 Å². The molecule has 1 saturated carbocycles. The molecule has 1 aliphatic carbocycles. The van der Waals surface area contributed by atoms with Crippen LogP contribution < -0.4 is 22.5 Å². The van der Waals surface area contributed by atoms with Gasteiger partial charge in [-0.25, -0.2) is 9.97 Å². The molecule has 1 fully saturated rings. The maximum atomic E-state index is 12.2. The minimum Gasteiger partial charge on any atom is -0.394 e. The van der Waals surface area contributed by atoms with Gasteiger partial charge in [0.15, 0.2) is 28.4 Å². The van der Waals surface area contributed by atoms with Crippen LogP contribution in [0, 0.1) is 5.92 Å². The molecule has 0 spiro atoms. The normalized spacial score (nSPS) is 19.5. The van der Waals surface area contributed by atoms with Crippen LogP contribution in [-0.2, 0) is 4.74 Å². The van der Waals surface area contributed by atoms with Gasteiger partial charge in [0, 0.05) is 6.54 Å². The van der Waals surface area contributed by atoms with Crippen molar-refractivity contribution in [3.63, 3.8) is 0 Å². The minimum atomic E-state index is -0.656. The van der Waals surface area contributed by atoms with Gasteiger partial charge >= 0.3 is 0 Å². The minimum absolute atomic E-state index is 0.0286. The summed E-state index contributed by atoms with van der Waals surface area (Å²) in [5.74, 6) is -0.247. The number of halogens is 1. The molecule has 1 heterocycles. The number of carbonyl (C=O) groups is 1. The molecule has 1 aliphatic rings. The zero-order valence-corrected chi connectivity index (χ0v) is 18.2. The van der Waals surface area contributed by atoms with E-state index in [1.807, 2.05) is 0 Å². The van der Waals surface area contributed by atoms with Crippen LogP contribution in [0.3, 0.4) is 0 Å². The third-order valence-electron chi connectivity index (χ3n) is 5.25. The summed E-state index contributed by atoms with van der Waals surface area (Å²) in [5, 5.41) is 20.5. The fraction of sp³-hybridized carbons (Fsp3) is 0.684. The zero-order valence-electron chi connectivity index (χ0n) is 17.5. The molecule has 0 aromatic carbocycles. The van der Waals surface area contributed by atoms with E-state index in [1.54, 1.807) is 0 Å². The number of guanidine groups is 1. The molecule has 11 nitrogen and oxygen atoms in total. The molecule has 0 bridgehead atoms. The number of unbranched alkanes of at least 4 members (excludes halogenated alkanes) is 1. The Bertz CT molecular complexity index is 753. The van der Waals surface area contributed by atoms with E-state index in [0.717, 1.165) is 44.9 Å². The molecule has 174 valence electrons. The van der Waals surface area contributed by atoms with Crippen molar-refractivity contribution in [3.8, 4) is 0 Å². The summed E-state index contributed by atoms with van der Waals surface area (Å²) in [6, 6.07) is 0. The zero-order chi connectivity index (χ0) is 22.8. The lowest BCUT2D eigenvalue weighted by Crippen LogP contribution is -2.38. The van der Waals surface area contributed by atoms with Gasteiger partial charge in [0.05, 0.1) is 19.3 Å². The third kappa shape index (κ3) is 8.09. The quantitative estimate of drug-likeness (QED) is 0.164. The first kappa shape index (κ1) is 25.1. The van der Waals surface area contributed by atoms with Gasteiger partial charge in [0.2, 0.25) is 0 Å². The number of aliphatic hydroxyl groups excluding tert-OH is 2. The summed E-state index contributed by atoms with van der Waals surface area (Å²) in [6.45, 7) is 0.174. The fourth-order valence-corrected chi connectivity index (χ4v) is 3.67. The summed E-state index contributed by atoms with van der Waals surface area (Å²) >= 11 is 5.77. The molecule has 1 aromatic rings. The van der Waals surface area contributed by atoms with Gasteiger partial charge in [-0.15, -0.1) is 0 Å². The van der Waals surface area contributed by atoms with Crippen LogP contribution in [0.5, 0.6) is 0 Å². The maximum absolute atomic E-state index is 12.2. The van der Waals surface area contributed by atoms with Crippen LogP contribution in [0.1, 0.15) is 55.4 Å². The Morgan fingerprint density at radius 3 is 2.48 bits per heavy atom. The Balaban J connectivity index is 1.65. The molecule has 2 rings (SSSR count). The molecule has 12 heteroatoms. The summed E-state index contributed by atoms with van der Waals surface area (Å²) in [6.07, 6.45) is 6.61. The average Bonchev–Trinajstić information content (AvgIpc) is 2.75. The Morgan fingerprint density at radius 1 is 1.16 bits per heavy atom. The van der Waals surface area contributed by atoms with Crippen molar-refractivity contribution >= 4 is 35.1 Å². The molecule has 0 saturated heterocycles. The number of aliphatic hydroxyl groups is 2. The number of nitrogens with one attached hydrogen (secondary N) is 1. The van der Waals surface area contributed by atoms with Gasteiger partial charge in [0.1, 0.15) is 6.10 Å². The molecule has 0 unspecified atom stereocenters. The van der Waals surface area contributed by atoms with Crippen molar-refractivity contribution in [2.45, 2.75) is 57.2 Å². The van der Waals surface area contributed by atoms with Crippen molar-refractivity contribution in [2.75, 3.05) is 31.2 Å². The highest BCUT2D eigenvalue weighted by Crippen LogP contribution is 2.30. The van der Waals surface area contributed by atoms with Crippen LogP contribution in [0.2, 0.25) is 5.15 Å². The van der Waals surface area contributed by atoms with E-state index in [4.69, 9.17) is 43.8 Å². The van der Waals surface area contributed by atoms with Crippen molar-refractivity contribution in [1.29, 1.82) is 0 Å². The number of hydrogen-bond acceptors (Lipinski definition) is 9. The Hall–Kier alpha value is -2.21. The molecular weight excluding hydrogens is 426 g/mol.